The van der Waals surface area contributed by atoms with E-state index in [1.807, 2.05) is 0 Å². The molecule has 0 aromatic heterocycles. The highest BCUT2D eigenvalue weighted by Gasteiger charge is 2.28. The van der Waals surface area contributed by atoms with Gasteiger partial charge in [-0.25, -0.2) is 0 Å². The molecule has 102 valence electrons. The fraction of sp³-hybridized carbons (Fsp3) is 1.00. The fourth-order valence-electron chi connectivity index (χ4n) is 3.49. The zero-order valence-corrected chi connectivity index (χ0v) is 12.4. The highest BCUT2D eigenvalue weighted by molar-refractivity contribution is 4.79. The van der Waals surface area contributed by atoms with Gasteiger partial charge in [-0.05, 0) is 49.9 Å². The van der Waals surface area contributed by atoms with Crippen LogP contribution in [0.5, 0.6) is 0 Å². The third-order valence-electron chi connectivity index (χ3n) is 5.06. The van der Waals surface area contributed by atoms with E-state index >= 15 is 0 Å². The van der Waals surface area contributed by atoms with E-state index in [0.717, 1.165) is 23.7 Å². The summed E-state index contributed by atoms with van der Waals surface area (Å²) in [6.45, 7) is 9.42. The Morgan fingerprint density at radius 2 is 1.82 bits per heavy atom. The minimum atomic E-state index is 0.386. The first-order chi connectivity index (χ1) is 8.04. The summed E-state index contributed by atoms with van der Waals surface area (Å²) in [5.41, 5.74) is 5.86. The minimum absolute atomic E-state index is 0.386. The fourth-order valence-corrected chi connectivity index (χ4v) is 3.49. The molecular formula is C16H33N. The molecule has 0 aromatic rings. The molecule has 0 saturated heterocycles. The normalized spacial score (nSPS) is 36.5. The summed E-state index contributed by atoms with van der Waals surface area (Å²) in [5.74, 6) is 3.81. The van der Waals surface area contributed by atoms with Gasteiger partial charge in [0.25, 0.3) is 0 Å². The van der Waals surface area contributed by atoms with Gasteiger partial charge in [-0.15, -0.1) is 0 Å². The molecule has 1 heteroatoms. The summed E-state index contributed by atoms with van der Waals surface area (Å²) in [5, 5.41) is 0. The average Bonchev–Trinajstić information content (AvgIpc) is 2.40. The van der Waals surface area contributed by atoms with Gasteiger partial charge in [-0.2, -0.15) is 0 Å². The maximum atomic E-state index is 5.86. The smallest absolute Gasteiger partial charge is 0.00104 e. The van der Waals surface area contributed by atoms with Crippen molar-refractivity contribution in [3.8, 4) is 0 Å². The van der Waals surface area contributed by atoms with Crippen molar-refractivity contribution in [1.82, 2.24) is 0 Å². The summed E-state index contributed by atoms with van der Waals surface area (Å²) in [4.78, 5) is 0. The molecule has 1 aliphatic carbocycles. The van der Waals surface area contributed by atoms with Crippen molar-refractivity contribution in [3.05, 3.63) is 0 Å². The molecule has 1 aliphatic rings. The molecule has 0 spiro atoms. The second kappa shape index (κ2) is 7.41. The van der Waals surface area contributed by atoms with Crippen molar-refractivity contribution in [2.45, 2.75) is 78.7 Å². The van der Waals surface area contributed by atoms with Gasteiger partial charge in [0.15, 0.2) is 0 Å². The Morgan fingerprint density at radius 1 is 1.12 bits per heavy atom. The summed E-state index contributed by atoms with van der Waals surface area (Å²) >= 11 is 0. The summed E-state index contributed by atoms with van der Waals surface area (Å²) in [6.07, 6.45) is 9.70. The van der Waals surface area contributed by atoms with Crippen LogP contribution in [0, 0.1) is 23.7 Å². The number of hydrogen-bond acceptors (Lipinski definition) is 1. The van der Waals surface area contributed by atoms with Gasteiger partial charge in [0.1, 0.15) is 0 Å². The first-order valence-electron chi connectivity index (χ1n) is 7.80. The Labute approximate surface area is 109 Å². The predicted octanol–water partition coefficient (Wildman–Crippen LogP) is 4.60. The molecule has 0 aromatic carbocycles. The van der Waals surface area contributed by atoms with E-state index in [-0.39, 0.29) is 0 Å². The van der Waals surface area contributed by atoms with Gasteiger partial charge >= 0.3 is 0 Å². The predicted molar refractivity (Wildman–Crippen MR) is 77.0 cm³/mol. The summed E-state index contributed by atoms with van der Waals surface area (Å²) < 4.78 is 0. The lowest BCUT2D eigenvalue weighted by Gasteiger charge is -2.26. The first kappa shape index (κ1) is 15.0. The van der Waals surface area contributed by atoms with Crippen molar-refractivity contribution in [2.75, 3.05) is 0 Å². The maximum Gasteiger partial charge on any atom is 0.00104 e. The lowest BCUT2D eigenvalue weighted by molar-refractivity contribution is 0.254. The molecule has 1 nitrogen and oxygen atoms in total. The minimum Gasteiger partial charge on any atom is -0.328 e. The van der Waals surface area contributed by atoms with E-state index in [0.29, 0.717) is 6.04 Å². The second-order valence-electron chi connectivity index (χ2n) is 6.60. The SMILES string of the molecule is CCC1CCC(C)C(C)CC1CCCC(C)N. The molecule has 0 heterocycles. The molecule has 2 N–H and O–H groups in total. The standard InChI is InChI=1S/C16H33N/c1-5-15-10-9-12(2)13(3)11-16(15)8-6-7-14(4)17/h12-16H,5-11,17H2,1-4H3. The van der Waals surface area contributed by atoms with Crippen molar-refractivity contribution in [2.24, 2.45) is 29.4 Å². The van der Waals surface area contributed by atoms with Gasteiger partial charge < -0.3 is 5.73 Å². The largest absolute Gasteiger partial charge is 0.328 e. The topological polar surface area (TPSA) is 26.0 Å². The van der Waals surface area contributed by atoms with Crippen LogP contribution >= 0.6 is 0 Å². The van der Waals surface area contributed by atoms with Crippen LogP contribution in [0.3, 0.4) is 0 Å². The number of hydrogen-bond donors (Lipinski definition) is 1. The third kappa shape index (κ3) is 4.99. The second-order valence-corrected chi connectivity index (χ2v) is 6.60. The van der Waals surface area contributed by atoms with Crippen LogP contribution in [0.1, 0.15) is 72.6 Å². The Kier molecular flexibility index (Phi) is 6.54. The Balaban J connectivity index is 2.46. The lowest BCUT2D eigenvalue weighted by atomic mass is 9.80. The highest BCUT2D eigenvalue weighted by Crippen LogP contribution is 2.39. The van der Waals surface area contributed by atoms with Crippen LogP contribution < -0.4 is 5.73 Å². The molecule has 1 rings (SSSR count). The van der Waals surface area contributed by atoms with Gasteiger partial charge in [0.05, 0.1) is 0 Å². The average molecular weight is 239 g/mol. The maximum absolute atomic E-state index is 5.86. The van der Waals surface area contributed by atoms with Crippen LogP contribution in [0.15, 0.2) is 0 Å². The van der Waals surface area contributed by atoms with Gasteiger partial charge in [-0.3, -0.25) is 0 Å². The number of rotatable bonds is 5. The van der Waals surface area contributed by atoms with Crippen molar-refractivity contribution >= 4 is 0 Å². The van der Waals surface area contributed by atoms with Crippen LogP contribution in [0.4, 0.5) is 0 Å². The third-order valence-corrected chi connectivity index (χ3v) is 5.06. The van der Waals surface area contributed by atoms with Crippen LogP contribution in [0.2, 0.25) is 0 Å². The molecule has 0 radical (unpaired) electrons. The molecule has 5 atom stereocenters. The van der Waals surface area contributed by atoms with Gasteiger partial charge in [-0.1, -0.05) is 46.5 Å². The quantitative estimate of drug-likeness (QED) is 0.697. The zero-order valence-electron chi connectivity index (χ0n) is 12.4. The molecule has 0 aliphatic heterocycles. The van der Waals surface area contributed by atoms with Gasteiger partial charge in [0, 0.05) is 6.04 Å². The Morgan fingerprint density at radius 3 is 2.41 bits per heavy atom. The first-order valence-corrected chi connectivity index (χ1v) is 7.80. The lowest BCUT2D eigenvalue weighted by Crippen LogP contribution is -2.18. The summed E-state index contributed by atoms with van der Waals surface area (Å²) in [7, 11) is 0. The molecule has 1 fully saturated rings. The van der Waals surface area contributed by atoms with E-state index in [1.54, 1.807) is 0 Å². The van der Waals surface area contributed by atoms with E-state index in [1.165, 1.54) is 44.9 Å². The van der Waals surface area contributed by atoms with E-state index < -0.39 is 0 Å². The van der Waals surface area contributed by atoms with E-state index in [9.17, 15) is 0 Å². The van der Waals surface area contributed by atoms with E-state index in [4.69, 9.17) is 5.73 Å². The Hall–Kier alpha value is -0.0400. The Bertz CT molecular complexity index is 200. The molecule has 5 unspecified atom stereocenters. The van der Waals surface area contributed by atoms with Crippen LogP contribution in [0.25, 0.3) is 0 Å². The monoisotopic (exact) mass is 239 g/mol. The highest BCUT2D eigenvalue weighted by atomic mass is 14.6. The van der Waals surface area contributed by atoms with Crippen LogP contribution in [-0.4, -0.2) is 6.04 Å². The molecule has 1 saturated carbocycles. The van der Waals surface area contributed by atoms with E-state index in [2.05, 4.69) is 27.7 Å². The summed E-state index contributed by atoms with van der Waals surface area (Å²) in [6, 6.07) is 0.386. The van der Waals surface area contributed by atoms with Crippen LogP contribution in [-0.2, 0) is 0 Å². The van der Waals surface area contributed by atoms with Gasteiger partial charge in [0.2, 0.25) is 0 Å². The van der Waals surface area contributed by atoms with Crippen molar-refractivity contribution < 1.29 is 0 Å². The molecule has 0 bridgehead atoms. The molecule has 0 amide bonds. The van der Waals surface area contributed by atoms with Crippen molar-refractivity contribution in [3.63, 3.8) is 0 Å². The molecular weight excluding hydrogens is 206 g/mol. The number of nitrogens with two attached hydrogens (primary N) is 1. The molecule has 17 heavy (non-hydrogen) atoms. The van der Waals surface area contributed by atoms with Crippen molar-refractivity contribution in [1.29, 1.82) is 0 Å². The zero-order chi connectivity index (χ0) is 12.8.